The molecular formula is C28H36N2O2. The van der Waals surface area contributed by atoms with Crippen molar-refractivity contribution >= 4 is 16.7 Å². The van der Waals surface area contributed by atoms with Crippen LogP contribution in [-0.4, -0.2) is 41.0 Å². The zero-order chi connectivity index (χ0) is 22.9. The molecule has 0 radical (unpaired) electrons. The zero-order valence-electron chi connectivity index (χ0n) is 19.8. The van der Waals surface area contributed by atoms with Crippen LogP contribution < -0.4 is 0 Å². The Morgan fingerprint density at radius 1 is 1.03 bits per heavy atom. The standard InChI is InChI=1S/C28H36N2O2/c1-5-12-24(31)26-25(20-13-8-7-9-14-20)27-22(17-19-29(3)4)21-15-10-11-16-23(21)30(27)28(26,32)18-6-2/h7-11,13-16,25-26,32H,5-6,12,17-19H2,1-4H3. The van der Waals surface area contributed by atoms with Gasteiger partial charge in [-0.15, -0.1) is 0 Å². The summed E-state index contributed by atoms with van der Waals surface area (Å²) in [5, 5.41) is 13.5. The number of hydrogen-bond donors (Lipinski definition) is 1. The average Bonchev–Trinajstić information content (AvgIpc) is 3.24. The molecule has 4 nitrogen and oxygen atoms in total. The van der Waals surface area contributed by atoms with E-state index in [1.54, 1.807) is 0 Å². The molecule has 32 heavy (non-hydrogen) atoms. The third-order valence-corrected chi connectivity index (χ3v) is 6.96. The lowest BCUT2D eigenvalue weighted by Crippen LogP contribution is -2.42. The molecule has 3 aromatic rings. The highest BCUT2D eigenvalue weighted by molar-refractivity contribution is 5.90. The largest absolute Gasteiger partial charge is 0.370 e. The summed E-state index contributed by atoms with van der Waals surface area (Å²) in [4.78, 5) is 15.8. The van der Waals surface area contributed by atoms with Crippen LogP contribution in [0.25, 0.3) is 10.9 Å². The van der Waals surface area contributed by atoms with E-state index in [1.165, 1.54) is 10.9 Å². The first kappa shape index (κ1) is 22.8. The third-order valence-electron chi connectivity index (χ3n) is 6.96. The number of carbonyl (C=O) groups excluding carboxylic acids is 1. The van der Waals surface area contributed by atoms with Crippen LogP contribution in [0.3, 0.4) is 0 Å². The van der Waals surface area contributed by atoms with Crippen LogP contribution >= 0.6 is 0 Å². The maximum absolute atomic E-state index is 13.6. The number of likely N-dealkylation sites (N-methyl/N-ethyl adjacent to an activating group) is 1. The summed E-state index contributed by atoms with van der Waals surface area (Å²) in [7, 11) is 4.18. The number of aromatic nitrogens is 1. The topological polar surface area (TPSA) is 45.5 Å². The molecule has 0 amide bonds. The molecule has 1 aromatic heterocycles. The first-order valence-electron chi connectivity index (χ1n) is 12.0. The van der Waals surface area contributed by atoms with Gasteiger partial charge in [0, 0.05) is 30.0 Å². The fraction of sp³-hybridized carbons (Fsp3) is 0.464. The van der Waals surface area contributed by atoms with E-state index in [-0.39, 0.29) is 11.7 Å². The lowest BCUT2D eigenvalue weighted by Gasteiger charge is -2.34. The summed E-state index contributed by atoms with van der Waals surface area (Å²) in [6.45, 7) is 5.05. The Balaban J connectivity index is 2.04. The van der Waals surface area contributed by atoms with Gasteiger partial charge in [-0.25, -0.2) is 0 Å². The van der Waals surface area contributed by atoms with Crippen LogP contribution in [0.1, 0.15) is 62.3 Å². The molecule has 4 heteroatoms. The first-order chi connectivity index (χ1) is 15.4. The molecule has 2 aromatic carbocycles. The Hall–Kier alpha value is -2.43. The summed E-state index contributed by atoms with van der Waals surface area (Å²) in [6.07, 6.45) is 3.55. The molecule has 0 saturated carbocycles. The molecule has 0 fully saturated rings. The van der Waals surface area contributed by atoms with E-state index in [9.17, 15) is 9.90 Å². The average molecular weight is 433 g/mol. The molecule has 1 aliphatic heterocycles. The Labute approximate surface area is 191 Å². The van der Waals surface area contributed by atoms with Crippen molar-refractivity contribution in [2.45, 2.75) is 57.6 Å². The second-order valence-electron chi connectivity index (χ2n) is 9.48. The fourth-order valence-electron chi connectivity index (χ4n) is 5.72. The van der Waals surface area contributed by atoms with Gasteiger partial charge in [-0.2, -0.15) is 0 Å². The number of benzene rings is 2. The minimum absolute atomic E-state index is 0.142. The van der Waals surface area contributed by atoms with Crippen LogP contribution in [0.2, 0.25) is 0 Å². The van der Waals surface area contributed by atoms with E-state index in [0.717, 1.165) is 42.6 Å². The Morgan fingerprint density at radius 2 is 1.72 bits per heavy atom. The predicted octanol–water partition coefficient (Wildman–Crippen LogP) is 5.32. The van der Waals surface area contributed by atoms with Gasteiger partial charge in [0.2, 0.25) is 0 Å². The highest BCUT2D eigenvalue weighted by Gasteiger charge is 2.55. The van der Waals surface area contributed by atoms with Gasteiger partial charge in [0.25, 0.3) is 0 Å². The van der Waals surface area contributed by atoms with E-state index >= 15 is 0 Å². The summed E-state index contributed by atoms with van der Waals surface area (Å²) >= 11 is 0. The second-order valence-corrected chi connectivity index (χ2v) is 9.48. The van der Waals surface area contributed by atoms with Crippen molar-refractivity contribution in [1.29, 1.82) is 0 Å². The monoisotopic (exact) mass is 432 g/mol. The minimum atomic E-state index is -1.22. The van der Waals surface area contributed by atoms with Crippen LogP contribution in [0.15, 0.2) is 54.6 Å². The smallest absolute Gasteiger partial charge is 0.152 e. The summed E-state index contributed by atoms with van der Waals surface area (Å²) in [6, 6.07) is 18.7. The minimum Gasteiger partial charge on any atom is -0.370 e. The maximum atomic E-state index is 13.6. The lowest BCUT2D eigenvalue weighted by atomic mass is 9.75. The van der Waals surface area contributed by atoms with Crippen molar-refractivity contribution < 1.29 is 9.90 Å². The van der Waals surface area contributed by atoms with E-state index < -0.39 is 11.6 Å². The van der Waals surface area contributed by atoms with Gasteiger partial charge in [-0.05, 0) is 50.6 Å². The van der Waals surface area contributed by atoms with Crippen LogP contribution in [0.5, 0.6) is 0 Å². The van der Waals surface area contributed by atoms with E-state index in [2.05, 4.69) is 60.8 Å². The summed E-state index contributed by atoms with van der Waals surface area (Å²) in [5.74, 6) is -0.442. The van der Waals surface area contributed by atoms with Crippen molar-refractivity contribution in [3.05, 3.63) is 71.4 Å². The number of aliphatic hydroxyl groups is 1. The molecule has 1 aliphatic rings. The fourth-order valence-corrected chi connectivity index (χ4v) is 5.72. The molecule has 0 aliphatic carbocycles. The molecule has 1 N–H and O–H groups in total. The molecular weight excluding hydrogens is 396 g/mol. The van der Waals surface area contributed by atoms with Crippen LogP contribution in [-0.2, 0) is 16.9 Å². The molecule has 3 atom stereocenters. The first-order valence-corrected chi connectivity index (χ1v) is 12.0. The third kappa shape index (κ3) is 3.70. The highest BCUT2D eigenvalue weighted by Crippen LogP contribution is 2.54. The molecule has 0 spiro atoms. The SMILES string of the molecule is CCCC(=O)C1C(c2ccccc2)c2c(CCN(C)C)c3ccccc3n2C1(O)CCC. The van der Waals surface area contributed by atoms with Gasteiger partial charge >= 0.3 is 0 Å². The van der Waals surface area contributed by atoms with Crippen molar-refractivity contribution in [3.8, 4) is 0 Å². The van der Waals surface area contributed by atoms with Crippen LogP contribution in [0, 0.1) is 5.92 Å². The summed E-state index contributed by atoms with van der Waals surface area (Å²) < 4.78 is 2.15. The normalized spacial score (nSPS) is 22.6. The molecule has 0 bridgehead atoms. The van der Waals surface area contributed by atoms with Crippen molar-refractivity contribution in [2.24, 2.45) is 5.92 Å². The van der Waals surface area contributed by atoms with Crippen molar-refractivity contribution in [1.82, 2.24) is 9.47 Å². The number of ketones is 1. The van der Waals surface area contributed by atoms with Crippen molar-refractivity contribution in [3.63, 3.8) is 0 Å². The summed E-state index contributed by atoms with van der Waals surface area (Å²) in [5.41, 5.74) is 3.34. The van der Waals surface area contributed by atoms with E-state index in [1.807, 2.05) is 31.2 Å². The molecule has 3 unspecified atom stereocenters. The highest BCUT2D eigenvalue weighted by atomic mass is 16.3. The number of rotatable bonds is 9. The zero-order valence-corrected chi connectivity index (χ0v) is 19.8. The second kappa shape index (κ2) is 9.21. The number of carbonyl (C=O) groups is 1. The van der Waals surface area contributed by atoms with Gasteiger partial charge in [-0.3, -0.25) is 4.79 Å². The molecule has 170 valence electrons. The van der Waals surface area contributed by atoms with Gasteiger partial charge in [0.05, 0.1) is 11.4 Å². The number of Topliss-reactive ketones (excluding diaryl/α,β-unsaturated/α-hetero) is 1. The Morgan fingerprint density at radius 3 is 2.38 bits per heavy atom. The molecule has 4 rings (SSSR count). The van der Waals surface area contributed by atoms with Crippen molar-refractivity contribution in [2.75, 3.05) is 20.6 Å². The number of hydrogen-bond acceptors (Lipinski definition) is 3. The van der Waals surface area contributed by atoms with Gasteiger partial charge in [0.15, 0.2) is 5.72 Å². The van der Waals surface area contributed by atoms with E-state index in [4.69, 9.17) is 0 Å². The van der Waals surface area contributed by atoms with Crippen LogP contribution in [0.4, 0.5) is 0 Å². The number of fused-ring (bicyclic) bond motifs is 3. The van der Waals surface area contributed by atoms with Gasteiger partial charge in [-0.1, -0.05) is 68.8 Å². The van der Waals surface area contributed by atoms with Gasteiger partial charge < -0.3 is 14.6 Å². The Bertz CT molecular complexity index is 1090. The van der Waals surface area contributed by atoms with Gasteiger partial charge in [0.1, 0.15) is 5.78 Å². The number of para-hydroxylation sites is 1. The quantitative estimate of drug-likeness (QED) is 0.498. The lowest BCUT2D eigenvalue weighted by molar-refractivity contribution is -0.141. The maximum Gasteiger partial charge on any atom is 0.152 e. The Kier molecular flexibility index (Phi) is 6.55. The predicted molar refractivity (Wildman–Crippen MR) is 131 cm³/mol. The molecule has 2 heterocycles. The number of nitrogens with zero attached hydrogens (tertiary/aromatic N) is 2. The van der Waals surface area contributed by atoms with E-state index in [0.29, 0.717) is 12.8 Å². The molecule has 0 saturated heterocycles.